The van der Waals surface area contributed by atoms with Gasteiger partial charge in [-0.1, -0.05) is 61.4 Å². The van der Waals surface area contributed by atoms with E-state index < -0.39 is 139 Å². The maximum Gasteiger partial charge on any atom is 0.246 e. The maximum atomic E-state index is 14.5. The highest BCUT2D eigenvalue weighted by atomic mass is 33.1. The van der Waals surface area contributed by atoms with Crippen LogP contribution in [0.4, 0.5) is 0 Å². The van der Waals surface area contributed by atoms with Gasteiger partial charge >= 0.3 is 0 Å². The maximum absolute atomic E-state index is 14.5. The highest BCUT2D eigenvalue weighted by Gasteiger charge is 2.41. The first-order chi connectivity index (χ1) is 32.4. The van der Waals surface area contributed by atoms with Crippen molar-refractivity contribution in [2.24, 2.45) is 34.8 Å². The number of nitrogens with two attached hydrogens (primary N) is 4. The first-order valence-corrected chi connectivity index (χ1v) is 25.0. The topological polar surface area (TPSA) is 400 Å². The number of nitrogens with one attached hydrogen (secondary N) is 7. The number of benzene rings is 1. The number of rotatable bonds is 17. The highest BCUT2D eigenvalue weighted by Crippen LogP contribution is 2.26. The molecule has 2 saturated heterocycles. The Balaban J connectivity index is 2.05. The summed E-state index contributed by atoms with van der Waals surface area (Å²) in [6.07, 6.45) is -0.997. The molecule has 8 atom stereocenters. The monoisotopic (exact) mass is 1010 g/mol. The van der Waals surface area contributed by atoms with Crippen LogP contribution >= 0.6 is 21.6 Å². The van der Waals surface area contributed by atoms with Gasteiger partial charge in [-0.25, -0.2) is 0 Å². The smallest absolute Gasteiger partial charge is 0.246 e. The van der Waals surface area contributed by atoms with E-state index >= 15 is 0 Å². The molecule has 0 spiro atoms. The average molecular weight is 1010 g/mol. The molecule has 0 bridgehead atoms. The van der Waals surface area contributed by atoms with Crippen LogP contribution in [0.25, 0.3) is 0 Å². The SMILES string of the molecule is CC(C)C[C@@H]1NC(=O)C(Cc2ccc(O)cc2)NC(=O)[C@@H](N)CSSCC(C(=O)N2CCC[C@H]2C(=O)N[C@@H](CC(C)C)C(=O)NCC(N)=O)NC(=O)C(CC(N)=O)NC(=O)[C@H](CCC(N)=O)NC1=O. The number of carbonyl (C=O) groups excluding carboxylic acids is 11. The Morgan fingerprint density at radius 2 is 1.32 bits per heavy atom. The molecule has 11 amide bonds. The molecule has 2 heterocycles. The van der Waals surface area contributed by atoms with Crippen molar-refractivity contribution in [1.82, 2.24) is 42.1 Å². The van der Waals surface area contributed by atoms with Gasteiger partial charge in [-0.3, -0.25) is 52.7 Å². The van der Waals surface area contributed by atoms with Crippen molar-refractivity contribution in [3.63, 3.8) is 0 Å². The summed E-state index contributed by atoms with van der Waals surface area (Å²) in [6.45, 7) is 6.74. The molecule has 24 nitrogen and oxygen atoms in total. The van der Waals surface area contributed by atoms with Gasteiger partial charge in [0.2, 0.25) is 65.0 Å². The van der Waals surface area contributed by atoms with Crippen LogP contribution in [0.2, 0.25) is 0 Å². The van der Waals surface area contributed by atoms with Gasteiger partial charge in [0.05, 0.1) is 19.0 Å². The molecule has 69 heavy (non-hydrogen) atoms. The number of phenolic OH excluding ortho intramolecular Hbond substituents is 1. The minimum absolute atomic E-state index is 0.0292. The molecular formula is C43H66N12O12S2. The van der Waals surface area contributed by atoms with Crippen LogP contribution in [-0.4, -0.2) is 148 Å². The molecule has 26 heteroatoms. The molecule has 0 radical (unpaired) electrons. The first-order valence-electron chi connectivity index (χ1n) is 22.5. The molecular weight excluding hydrogens is 941 g/mol. The third-order valence-corrected chi connectivity index (χ3v) is 13.3. The Bertz CT molecular complexity index is 2040. The second-order valence-electron chi connectivity index (χ2n) is 17.7. The lowest BCUT2D eigenvalue weighted by atomic mass is 10.00. The van der Waals surface area contributed by atoms with Gasteiger partial charge in [-0.15, -0.1) is 0 Å². The number of carbonyl (C=O) groups is 11. The largest absolute Gasteiger partial charge is 0.508 e. The van der Waals surface area contributed by atoms with Crippen LogP contribution < -0.4 is 60.2 Å². The van der Waals surface area contributed by atoms with Crippen LogP contribution in [-0.2, 0) is 59.2 Å². The minimum Gasteiger partial charge on any atom is -0.508 e. The summed E-state index contributed by atoms with van der Waals surface area (Å²) in [7, 11) is 2.05. The second-order valence-corrected chi connectivity index (χ2v) is 20.3. The van der Waals surface area contributed by atoms with Gasteiger partial charge in [0.15, 0.2) is 0 Å². The fourth-order valence-corrected chi connectivity index (χ4v) is 9.65. The van der Waals surface area contributed by atoms with E-state index in [1.54, 1.807) is 13.8 Å². The zero-order valence-corrected chi connectivity index (χ0v) is 40.7. The molecule has 3 rings (SSSR count). The molecule has 2 aliphatic heterocycles. The molecule has 0 aromatic heterocycles. The highest BCUT2D eigenvalue weighted by molar-refractivity contribution is 8.76. The van der Waals surface area contributed by atoms with Crippen LogP contribution in [0.15, 0.2) is 24.3 Å². The van der Waals surface area contributed by atoms with Gasteiger partial charge in [0.25, 0.3) is 0 Å². The van der Waals surface area contributed by atoms with E-state index in [4.69, 9.17) is 22.9 Å². The number of aromatic hydroxyl groups is 1. The summed E-state index contributed by atoms with van der Waals surface area (Å²) >= 11 is 0. The predicted octanol–water partition coefficient (Wildman–Crippen LogP) is -3.61. The van der Waals surface area contributed by atoms with E-state index in [0.29, 0.717) is 12.0 Å². The Kier molecular flexibility index (Phi) is 23.0. The Hall–Kier alpha value is -6.15. The normalized spacial score (nSPS) is 23.9. The van der Waals surface area contributed by atoms with Crippen LogP contribution in [0.3, 0.4) is 0 Å². The minimum atomic E-state index is -1.75. The number of primary amides is 3. The molecule has 1 aromatic carbocycles. The van der Waals surface area contributed by atoms with Gasteiger partial charge in [-0.2, -0.15) is 0 Å². The first kappa shape index (κ1) is 57.2. The molecule has 2 aliphatic rings. The predicted molar refractivity (Wildman–Crippen MR) is 254 cm³/mol. The molecule has 382 valence electrons. The van der Waals surface area contributed by atoms with Crippen LogP contribution in [0.1, 0.15) is 78.2 Å². The summed E-state index contributed by atoms with van der Waals surface area (Å²) in [5.74, 6) is -10.0. The van der Waals surface area contributed by atoms with Crippen molar-refractivity contribution in [1.29, 1.82) is 0 Å². The number of phenols is 1. The molecule has 2 fully saturated rings. The number of hydrogen-bond donors (Lipinski definition) is 12. The Morgan fingerprint density at radius 1 is 0.739 bits per heavy atom. The summed E-state index contributed by atoms with van der Waals surface area (Å²) in [4.78, 5) is 148. The van der Waals surface area contributed by atoms with Crippen molar-refractivity contribution in [2.45, 2.75) is 127 Å². The standard InChI is InChI=1S/C43H66N12O12S2/c1-21(2)14-27(37(61)48-18-35(47)59)53-42(66)32-6-5-13-55(32)43(67)31-20-69-68-19-25(44)36(60)50-29(16-23-7-9-24(56)10-8-23)40(64)51-28(15-22(3)4)39(63)49-26(11-12-33(45)57)38(62)52-30(17-34(46)58)41(65)54-31/h7-10,21-22,25-32,56H,5-6,11-20,44H2,1-4H3,(H2,45,57)(H2,46,58)(H2,47,59)(H,48,61)(H,49,63)(H,50,60)(H,51,64)(H,52,62)(H,53,66)(H,54,65)/t25-,26-,27-,28-,29?,30?,31?,32-/m0/s1. The Labute approximate surface area is 407 Å². The fraction of sp³-hybridized carbons (Fsp3) is 0.605. The average Bonchev–Trinajstić information content (AvgIpc) is 3.77. The summed E-state index contributed by atoms with van der Waals surface area (Å²) in [6, 6.07) is -5.03. The van der Waals surface area contributed by atoms with E-state index in [9.17, 15) is 57.8 Å². The molecule has 3 unspecified atom stereocenters. The van der Waals surface area contributed by atoms with Crippen molar-refractivity contribution < 1.29 is 57.8 Å². The number of likely N-dealkylation sites (tertiary alicyclic amines) is 1. The van der Waals surface area contributed by atoms with E-state index in [0.717, 1.165) is 21.6 Å². The van der Waals surface area contributed by atoms with E-state index in [1.165, 1.54) is 29.2 Å². The fourth-order valence-electron chi connectivity index (χ4n) is 7.37. The van der Waals surface area contributed by atoms with Crippen molar-refractivity contribution in [2.75, 3.05) is 24.6 Å². The van der Waals surface area contributed by atoms with Gasteiger partial charge in [0, 0.05) is 30.9 Å². The quantitative estimate of drug-likeness (QED) is 0.0671. The zero-order valence-electron chi connectivity index (χ0n) is 39.1. The zero-order chi connectivity index (χ0) is 51.5. The Morgan fingerprint density at radius 3 is 1.93 bits per heavy atom. The second kappa shape index (κ2) is 27.7. The third kappa shape index (κ3) is 19.4. The van der Waals surface area contributed by atoms with Crippen molar-refractivity contribution in [3.05, 3.63) is 29.8 Å². The van der Waals surface area contributed by atoms with Gasteiger partial charge < -0.3 is 70.2 Å². The van der Waals surface area contributed by atoms with E-state index in [1.807, 2.05) is 13.8 Å². The van der Waals surface area contributed by atoms with Gasteiger partial charge in [0.1, 0.15) is 48.0 Å². The lowest BCUT2D eigenvalue weighted by Gasteiger charge is -2.31. The van der Waals surface area contributed by atoms with Crippen molar-refractivity contribution >= 4 is 86.6 Å². The molecule has 16 N–H and O–H groups in total. The number of hydrogen-bond acceptors (Lipinski definition) is 15. The van der Waals surface area contributed by atoms with E-state index in [2.05, 4.69) is 37.2 Å². The van der Waals surface area contributed by atoms with Crippen LogP contribution in [0.5, 0.6) is 5.75 Å². The lowest BCUT2D eigenvalue weighted by Crippen LogP contribution is -2.61. The molecule has 0 saturated carbocycles. The van der Waals surface area contributed by atoms with Crippen molar-refractivity contribution in [3.8, 4) is 5.75 Å². The molecule has 0 aliphatic carbocycles. The summed E-state index contributed by atoms with van der Waals surface area (Å²) < 4.78 is 0. The van der Waals surface area contributed by atoms with E-state index in [-0.39, 0.29) is 61.3 Å². The number of amides is 11. The number of nitrogens with zero attached hydrogens (tertiary/aromatic N) is 1. The molecule has 1 aromatic rings. The third-order valence-electron chi connectivity index (χ3n) is 10.8. The summed E-state index contributed by atoms with van der Waals surface area (Å²) in [5, 5.41) is 27.7. The summed E-state index contributed by atoms with van der Waals surface area (Å²) in [5.41, 5.74) is 22.9. The lowest BCUT2D eigenvalue weighted by molar-refractivity contribution is -0.142. The van der Waals surface area contributed by atoms with Crippen LogP contribution in [0, 0.1) is 11.8 Å². The van der Waals surface area contributed by atoms with Gasteiger partial charge in [-0.05, 0) is 61.6 Å².